The molecule has 696 valence electrons. The third kappa shape index (κ3) is 21.4. The van der Waals surface area contributed by atoms with E-state index in [2.05, 4.69) is 16.0 Å². The summed E-state index contributed by atoms with van der Waals surface area (Å²) in [6, 6.07) is -5.49. The number of nitrogens with one attached hydrogen (secondary N) is 3. The molecule has 0 radical (unpaired) electrons. The molecule has 10 fully saturated rings. The van der Waals surface area contributed by atoms with E-state index in [9.17, 15) is 162 Å². The molecule has 54 heteroatoms. The van der Waals surface area contributed by atoms with Gasteiger partial charge in [0.1, 0.15) is 244 Å². The number of rotatable bonds is 31. The first kappa shape index (κ1) is 98.7. The van der Waals surface area contributed by atoms with Crippen LogP contribution in [0.15, 0.2) is 0 Å². The van der Waals surface area contributed by atoms with E-state index in [1.807, 2.05) is 0 Å². The molecule has 0 aliphatic carbocycles. The van der Waals surface area contributed by atoms with Crippen molar-refractivity contribution in [1.29, 1.82) is 0 Å². The highest BCUT2D eigenvalue weighted by atomic mass is 16.8. The standard InChI is InChI=1S/C66H111N3O51/c1-14(78)67-27-37(88)50(22(9-75)104-57(27)101)114-58-28(68-15(2)79)38(89)51(23(10-76)110-58)115-59-29(69-16(3)80)39(90)52(24(11-77)111-59)116-64-49(100)54(118-66-56(44(95)34(85)21(8-74)109-66)120-63-47(98)42(93)32(83)19(6-72)107-63)36(87)26(113-64)12-102-60-48(99)53(117-61-45(96)40(91)30(81)17(4-70)105-61)35(86)25(112-60)13-103-65-55(43(94)33(84)20(7-73)108-65)119-62-46(97)41(92)31(82)18(5-71)106-62/h17-66,70-77,81-101H,4-13H2,1-3H3,(H,67,78)(H,68,79)(H,69,80)/t17-,18-,19-,20-,21-,22-,23-,24-,25-,26-,27-,28-,29-,30-,31-,32-,33-,34-,35-,36-,37-,38-,39-,40+,41+,42+,43+,44+,45+,46+,47+,48+,49+,50-,51-,52-,53+,54+,55+,56+,57-,58+,59+,60+,61-,62-,63-,64+,65+,66-/m1/s1. The lowest BCUT2D eigenvalue weighted by atomic mass is 9.93. The van der Waals surface area contributed by atoms with E-state index in [-0.39, 0.29) is 0 Å². The lowest BCUT2D eigenvalue weighted by Crippen LogP contribution is -2.71. The molecular formula is C66H111N3O51. The molecule has 50 atom stereocenters. The van der Waals surface area contributed by atoms with Gasteiger partial charge in [-0.25, -0.2) is 0 Å². The molecule has 0 saturated carbocycles. The Balaban J connectivity index is 0.968. The number of hydrogen-bond donors (Lipinski definition) is 32. The fourth-order valence-corrected chi connectivity index (χ4v) is 15.4. The maximum atomic E-state index is 13.2. The second kappa shape index (κ2) is 43.1. The fourth-order valence-electron chi connectivity index (χ4n) is 15.4. The van der Waals surface area contributed by atoms with Crippen LogP contribution in [-0.2, 0) is 104 Å². The van der Waals surface area contributed by atoms with Gasteiger partial charge in [-0.3, -0.25) is 14.4 Å². The summed E-state index contributed by atoms with van der Waals surface area (Å²) in [5.74, 6) is -2.67. The molecule has 0 aromatic rings. The fraction of sp³-hybridized carbons (Fsp3) is 0.955. The van der Waals surface area contributed by atoms with Gasteiger partial charge in [0.25, 0.3) is 0 Å². The van der Waals surface area contributed by atoms with Gasteiger partial charge < -0.3 is 254 Å². The van der Waals surface area contributed by atoms with Crippen LogP contribution in [0, 0.1) is 0 Å². The quantitative estimate of drug-likeness (QED) is 0.0306. The van der Waals surface area contributed by atoms with Gasteiger partial charge in [0, 0.05) is 20.8 Å². The van der Waals surface area contributed by atoms with Gasteiger partial charge >= 0.3 is 0 Å². The van der Waals surface area contributed by atoms with Gasteiger partial charge in [-0.15, -0.1) is 0 Å². The number of aliphatic hydroxyl groups excluding tert-OH is 29. The molecule has 10 heterocycles. The molecule has 0 unspecified atom stereocenters. The minimum absolute atomic E-state index is 0.769. The van der Waals surface area contributed by atoms with Gasteiger partial charge in [0.2, 0.25) is 17.7 Å². The van der Waals surface area contributed by atoms with Crippen molar-refractivity contribution in [2.45, 2.75) is 328 Å². The van der Waals surface area contributed by atoms with Crippen molar-refractivity contribution < 1.29 is 252 Å². The first-order chi connectivity index (χ1) is 56.8. The number of hydrogen-bond acceptors (Lipinski definition) is 51. The molecular weight excluding hydrogens is 1650 g/mol. The molecule has 10 rings (SSSR count). The molecule has 10 aliphatic heterocycles. The maximum Gasteiger partial charge on any atom is 0.217 e. The SMILES string of the molecule is CC(=O)N[C@@H]1[C@@H](O)[C@H](O[C@@H]2O[C@H](CO)[C@@H](O[C@@H]3O[C@H](CO)[C@@H](O[C@@H]4O[C@H](CO[C@H]5O[C@H](CO[C@H]6O[C@H](CO)[C@@H](O)[C@H](O)[C@@H]6O[C@H]6O[C@H](CO)[C@@H](O)[C@H](O)[C@@H]6O)[C@@H](O)[C@H](O[C@H]6O[C@H](CO)[C@@H](O)[C@H](O)[C@@H]6O)[C@@H]5O)[C@@H](O)[C@H](O[C@H]5O[C@H](CO)[C@@H](O)[C@H](O)[C@@H]5O[C@H]5O[C@H](CO)[C@@H](O)[C@H](O)[C@@H]5O)[C@@H]4O)[C@H](O)[C@H]3NC(C)=O)[C@H](O)[C@H]2NC(C)=O)[C@@H](CO)O[C@H]1O. The van der Waals surface area contributed by atoms with Crippen molar-refractivity contribution in [3.05, 3.63) is 0 Å². The Hall–Kier alpha value is -3.51. The Morgan fingerprint density at radius 3 is 0.825 bits per heavy atom. The van der Waals surface area contributed by atoms with Gasteiger partial charge in [-0.1, -0.05) is 0 Å². The molecule has 32 N–H and O–H groups in total. The largest absolute Gasteiger partial charge is 0.394 e. The summed E-state index contributed by atoms with van der Waals surface area (Å²) in [4.78, 5) is 38.1. The molecule has 10 saturated heterocycles. The summed E-state index contributed by atoms with van der Waals surface area (Å²) in [5.41, 5.74) is 0. The Morgan fingerprint density at radius 1 is 0.217 bits per heavy atom. The Labute approximate surface area is 678 Å². The highest BCUT2D eigenvalue weighted by molar-refractivity contribution is 5.74. The van der Waals surface area contributed by atoms with Crippen LogP contribution in [0.5, 0.6) is 0 Å². The third-order valence-electron chi connectivity index (χ3n) is 22.1. The zero-order valence-corrected chi connectivity index (χ0v) is 63.9. The van der Waals surface area contributed by atoms with Crippen molar-refractivity contribution in [3.63, 3.8) is 0 Å². The lowest BCUT2D eigenvalue weighted by molar-refractivity contribution is -0.399. The van der Waals surface area contributed by atoms with Crippen LogP contribution in [-0.4, -0.2) is 539 Å². The average molecular weight is 1760 g/mol. The number of ether oxygens (including phenoxy) is 19. The summed E-state index contributed by atoms with van der Waals surface area (Å²) in [6.45, 7) is -8.21. The van der Waals surface area contributed by atoms with Crippen molar-refractivity contribution in [3.8, 4) is 0 Å². The van der Waals surface area contributed by atoms with E-state index in [0.29, 0.717) is 0 Å². The van der Waals surface area contributed by atoms with E-state index in [1.54, 1.807) is 0 Å². The second-order valence-electron chi connectivity index (χ2n) is 30.3. The lowest BCUT2D eigenvalue weighted by Gasteiger charge is -2.51. The zero-order chi connectivity index (χ0) is 88.2. The predicted octanol–water partition coefficient (Wildman–Crippen LogP) is -22.4. The number of aliphatic hydroxyl groups is 29. The third-order valence-corrected chi connectivity index (χ3v) is 22.1. The normalized spacial score (nSPS) is 50.4. The topological polar surface area (TPSA) is 849 Å². The molecule has 0 aromatic carbocycles. The number of amides is 3. The van der Waals surface area contributed by atoms with E-state index in [4.69, 9.17) is 90.0 Å². The molecule has 120 heavy (non-hydrogen) atoms. The van der Waals surface area contributed by atoms with Gasteiger partial charge in [0.15, 0.2) is 62.9 Å². The van der Waals surface area contributed by atoms with E-state index < -0.39 is 391 Å². The monoisotopic (exact) mass is 1760 g/mol. The Kier molecular flexibility index (Phi) is 35.4. The van der Waals surface area contributed by atoms with Crippen LogP contribution in [0.1, 0.15) is 20.8 Å². The van der Waals surface area contributed by atoms with Crippen molar-refractivity contribution in [1.82, 2.24) is 16.0 Å². The summed E-state index contributed by atoms with van der Waals surface area (Å²) >= 11 is 0. The van der Waals surface area contributed by atoms with E-state index in [0.717, 1.165) is 20.8 Å². The molecule has 0 aromatic heterocycles. The zero-order valence-electron chi connectivity index (χ0n) is 63.9. The summed E-state index contributed by atoms with van der Waals surface area (Å²) in [6.07, 6.45) is -99.8. The first-order valence-electron chi connectivity index (χ1n) is 38.2. The van der Waals surface area contributed by atoms with E-state index in [1.165, 1.54) is 0 Å². The Bertz CT molecular complexity index is 3180. The van der Waals surface area contributed by atoms with Crippen molar-refractivity contribution in [2.24, 2.45) is 0 Å². The molecule has 10 aliphatic rings. The van der Waals surface area contributed by atoms with Crippen LogP contribution >= 0.6 is 0 Å². The molecule has 0 spiro atoms. The molecule has 54 nitrogen and oxygen atoms in total. The van der Waals surface area contributed by atoms with Crippen LogP contribution in [0.3, 0.4) is 0 Å². The van der Waals surface area contributed by atoms with Crippen molar-refractivity contribution in [2.75, 3.05) is 66.1 Å². The van der Waals surface area contributed by atoms with Crippen LogP contribution in [0.2, 0.25) is 0 Å². The van der Waals surface area contributed by atoms with Gasteiger partial charge in [-0.05, 0) is 0 Å². The predicted molar refractivity (Wildman–Crippen MR) is 364 cm³/mol. The number of carbonyl (C=O) groups is 3. The van der Waals surface area contributed by atoms with Gasteiger partial charge in [0.05, 0.1) is 66.1 Å². The first-order valence-corrected chi connectivity index (χ1v) is 38.2. The maximum absolute atomic E-state index is 13.2. The molecule has 0 bridgehead atoms. The second-order valence-corrected chi connectivity index (χ2v) is 30.3. The highest BCUT2D eigenvalue weighted by Gasteiger charge is 2.61. The summed E-state index contributed by atoms with van der Waals surface area (Å²) < 4.78 is 112. The number of carbonyl (C=O) groups excluding carboxylic acids is 3. The summed E-state index contributed by atoms with van der Waals surface area (Å²) in [5, 5.41) is 328. The van der Waals surface area contributed by atoms with Crippen LogP contribution in [0.25, 0.3) is 0 Å². The summed E-state index contributed by atoms with van der Waals surface area (Å²) in [7, 11) is 0. The molecule has 3 amide bonds. The Morgan fingerprint density at radius 2 is 0.458 bits per heavy atom. The van der Waals surface area contributed by atoms with Crippen LogP contribution < -0.4 is 16.0 Å². The smallest absolute Gasteiger partial charge is 0.217 e. The minimum Gasteiger partial charge on any atom is -0.394 e. The van der Waals surface area contributed by atoms with Gasteiger partial charge in [-0.2, -0.15) is 0 Å². The van der Waals surface area contributed by atoms with E-state index >= 15 is 0 Å². The van der Waals surface area contributed by atoms with Crippen LogP contribution in [0.4, 0.5) is 0 Å². The average Bonchev–Trinajstić information content (AvgIpc) is 0.763. The van der Waals surface area contributed by atoms with Crippen molar-refractivity contribution >= 4 is 17.7 Å². The minimum atomic E-state index is -2.61. The highest BCUT2D eigenvalue weighted by Crippen LogP contribution is 2.40.